The molecule has 0 radical (unpaired) electrons. The molecule has 1 aromatic heterocycles. The third-order valence-corrected chi connectivity index (χ3v) is 4.00. The minimum Gasteiger partial charge on any atom is -0.497 e. The van der Waals surface area contributed by atoms with Crippen molar-refractivity contribution < 1.29 is 23.6 Å². The number of nitrogens with zero attached hydrogens (tertiary/aromatic N) is 2. The third kappa shape index (κ3) is 4.75. The first-order valence-electron chi connectivity index (χ1n) is 8.22. The third-order valence-electron chi connectivity index (χ3n) is 4.00. The second-order valence-corrected chi connectivity index (χ2v) is 5.72. The Hall–Kier alpha value is -3.03. The number of methoxy groups -OCH3 is 2. The van der Waals surface area contributed by atoms with E-state index < -0.39 is 0 Å². The lowest BCUT2D eigenvalue weighted by atomic mass is 10.1. The molecule has 1 unspecified atom stereocenters. The Kier molecular flexibility index (Phi) is 6.60. The average molecular weight is 361 g/mol. The van der Waals surface area contributed by atoms with Crippen LogP contribution in [-0.4, -0.2) is 48.7 Å². The molecular formula is C18H23N3O5. The number of amides is 2. The number of nitrogens with one attached hydrogen (secondary N) is 1. The summed E-state index contributed by atoms with van der Waals surface area (Å²) in [4.78, 5) is 26.8. The van der Waals surface area contributed by atoms with Gasteiger partial charge in [-0.25, -0.2) is 0 Å². The zero-order valence-electron chi connectivity index (χ0n) is 15.3. The average Bonchev–Trinajstić information content (AvgIpc) is 3.17. The predicted molar refractivity (Wildman–Crippen MR) is 95.5 cm³/mol. The number of carbonyl (C=O) groups excluding carboxylic acids is 2. The summed E-state index contributed by atoms with van der Waals surface area (Å²) in [6.45, 7) is 3.73. The van der Waals surface area contributed by atoms with Gasteiger partial charge in [0.1, 0.15) is 24.3 Å². The van der Waals surface area contributed by atoms with Crippen molar-refractivity contribution >= 4 is 17.6 Å². The molecule has 0 spiro atoms. The van der Waals surface area contributed by atoms with Crippen molar-refractivity contribution in [2.24, 2.45) is 0 Å². The lowest BCUT2D eigenvalue weighted by Crippen LogP contribution is -2.43. The van der Waals surface area contributed by atoms with Gasteiger partial charge in [0.25, 0.3) is 5.91 Å². The van der Waals surface area contributed by atoms with Crippen LogP contribution in [0, 0.1) is 0 Å². The van der Waals surface area contributed by atoms with Crippen LogP contribution in [0.25, 0.3) is 0 Å². The smallest absolute Gasteiger partial charge is 0.254 e. The molecule has 0 aliphatic carbocycles. The Labute approximate surface area is 152 Å². The molecule has 8 nitrogen and oxygen atoms in total. The van der Waals surface area contributed by atoms with Crippen molar-refractivity contribution in [2.75, 3.05) is 26.1 Å². The number of carbonyl (C=O) groups is 2. The lowest BCUT2D eigenvalue weighted by molar-refractivity contribution is -0.117. The molecule has 2 aromatic rings. The monoisotopic (exact) mass is 361 g/mol. The lowest BCUT2D eigenvalue weighted by Gasteiger charge is -2.28. The van der Waals surface area contributed by atoms with E-state index in [2.05, 4.69) is 15.0 Å². The molecule has 1 atom stereocenters. The van der Waals surface area contributed by atoms with E-state index in [0.717, 1.165) is 0 Å². The molecule has 0 bridgehead atoms. The summed E-state index contributed by atoms with van der Waals surface area (Å²) in [5.74, 6) is 0.663. The van der Waals surface area contributed by atoms with Crippen molar-refractivity contribution in [1.29, 1.82) is 0 Å². The van der Waals surface area contributed by atoms with Gasteiger partial charge >= 0.3 is 0 Å². The SMILES string of the molecule is CCC(C)N(CC(=O)Nc1ccon1)C(=O)c1cc(OC)cc(OC)c1. The quantitative estimate of drug-likeness (QED) is 0.777. The van der Waals surface area contributed by atoms with Crippen LogP contribution in [0.5, 0.6) is 11.5 Å². The molecular weight excluding hydrogens is 338 g/mol. The van der Waals surface area contributed by atoms with Gasteiger partial charge in [-0.3, -0.25) is 9.59 Å². The zero-order valence-corrected chi connectivity index (χ0v) is 15.3. The predicted octanol–water partition coefficient (Wildman–Crippen LogP) is 2.57. The van der Waals surface area contributed by atoms with E-state index in [0.29, 0.717) is 29.3 Å². The van der Waals surface area contributed by atoms with Crippen molar-refractivity contribution in [3.63, 3.8) is 0 Å². The number of hydrogen-bond donors (Lipinski definition) is 1. The number of rotatable bonds is 8. The van der Waals surface area contributed by atoms with Crippen molar-refractivity contribution in [2.45, 2.75) is 26.3 Å². The molecule has 1 N–H and O–H groups in total. The first-order chi connectivity index (χ1) is 12.5. The molecule has 0 aliphatic rings. The topological polar surface area (TPSA) is 93.9 Å². The summed E-state index contributed by atoms with van der Waals surface area (Å²) in [5.41, 5.74) is 0.385. The highest BCUT2D eigenvalue weighted by Crippen LogP contribution is 2.24. The maximum atomic E-state index is 13.0. The molecule has 140 valence electrons. The number of anilines is 1. The van der Waals surface area contributed by atoms with E-state index in [-0.39, 0.29) is 24.4 Å². The maximum Gasteiger partial charge on any atom is 0.254 e. The molecule has 0 fully saturated rings. The van der Waals surface area contributed by atoms with Crippen LogP contribution in [0.2, 0.25) is 0 Å². The standard InChI is InChI=1S/C18H23N3O5/c1-5-12(2)21(11-17(22)19-16-6-7-26-20-16)18(23)13-8-14(24-3)10-15(9-13)25-4/h6-10,12H,5,11H2,1-4H3,(H,19,20,22). The number of benzene rings is 1. The fraction of sp³-hybridized carbons (Fsp3) is 0.389. The van der Waals surface area contributed by atoms with Crippen LogP contribution in [-0.2, 0) is 4.79 Å². The van der Waals surface area contributed by atoms with E-state index in [1.807, 2.05) is 13.8 Å². The first kappa shape index (κ1) is 19.3. The fourth-order valence-electron chi connectivity index (χ4n) is 2.36. The Bertz CT molecular complexity index is 723. The van der Waals surface area contributed by atoms with Crippen LogP contribution in [0.4, 0.5) is 5.82 Å². The summed E-state index contributed by atoms with van der Waals surface area (Å²) in [7, 11) is 3.03. The van der Waals surface area contributed by atoms with E-state index in [1.54, 1.807) is 18.2 Å². The van der Waals surface area contributed by atoms with Crippen LogP contribution < -0.4 is 14.8 Å². The van der Waals surface area contributed by atoms with Crippen LogP contribution in [0.3, 0.4) is 0 Å². The number of hydrogen-bond acceptors (Lipinski definition) is 6. The minimum absolute atomic E-state index is 0.111. The Morgan fingerprint density at radius 2 is 1.88 bits per heavy atom. The minimum atomic E-state index is -0.359. The molecule has 0 aliphatic heterocycles. The zero-order chi connectivity index (χ0) is 19.1. The van der Waals surface area contributed by atoms with Gasteiger partial charge in [0.05, 0.1) is 14.2 Å². The Morgan fingerprint density at radius 1 is 1.23 bits per heavy atom. The normalized spacial score (nSPS) is 11.5. The summed E-state index contributed by atoms with van der Waals surface area (Å²) in [6, 6.07) is 6.32. The maximum absolute atomic E-state index is 13.0. The van der Waals surface area contributed by atoms with Crippen molar-refractivity contribution in [3.05, 3.63) is 36.1 Å². The molecule has 2 rings (SSSR count). The van der Waals surface area contributed by atoms with E-state index in [1.165, 1.54) is 31.4 Å². The highest BCUT2D eigenvalue weighted by molar-refractivity contribution is 5.99. The molecule has 8 heteroatoms. The van der Waals surface area contributed by atoms with Crippen molar-refractivity contribution in [3.8, 4) is 11.5 Å². The van der Waals surface area contributed by atoms with Gasteiger partial charge in [-0.15, -0.1) is 0 Å². The van der Waals surface area contributed by atoms with Gasteiger partial charge in [0, 0.05) is 23.7 Å². The molecule has 0 saturated heterocycles. The van der Waals surface area contributed by atoms with E-state index >= 15 is 0 Å². The summed E-state index contributed by atoms with van der Waals surface area (Å²) in [6.07, 6.45) is 2.06. The van der Waals surface area contributed by atoms with Crippen LogP contribution in [0.15, 0.2) is 35.1 Å². The largest absolute Gasteiger partial charge is 0.497 e. The van der Waals surface area contributed by atoms with Gasteiger partial charge in [-0.2, -0.15) is 0 Å². The van der Waals surface area contributed by atoms with Crippen LogP contribution >= 0.6 is 0 Å². The fourth-order valence-corrected chi connectivity index (χ4v) is 2.36. The Balaban J connectivity index is 2.22. The number of aromatic nitrogens is 1. The second kappa shape index (κ2) is 8.89. The molecule has 1 heterocycles. The molecule has 2 amide bonds. The number of ether oxygens (including phenoxy) is 2. The van der Waals surface area contributed by atoms with Gasteiger partial charge in [0.15, 0.2) is 5.82 Å². The second-order valence-electron chi connectivity index (χ2n) is 5.72. The summed E-state index contributed by atoms with van der Waals surface area (Å²) >= 11 is 0. The molecule has 0 saturated carbocycles. The highest BCUT2D eigenvalue weighted by atomic mass is 16.5. The summed E-state index contributed by atoms with van der Waals surface area (Å²) < 4.78 is 15.1. The summed E-state index contributed by atoms with van der Waals surface area (Å²) in [5, 5.41) is 6.23. The van der Waals surface area contributed by atoms with Gasteiger partial charge < -0.3 is 24.2 Å². The first-order valence-corrected chi connectivity index (χ1v) is 8.22. The molecule has 1 aromatic carbocycles. The van der Waals surface area contributed by atoms with E-state index in [9.17, 15) is 9.59 Å². The van der Waals surface area contributed by atoms with Crippen LogP contribution in [0.1, 0.15) is 30.6 Å². The van der Waals surface area contributed by atoms with Gasteiger partial charge in [-0.05, 0) is 25.5 Å². The Morgan fingerprint density at radius 3 is 2.38 bits per heavy atom. The molecule has 26 heavy (non-hydrogen) atoms. The van der Waals surface area contributed by atoms with Crippen molar-refractivity contribution in [1.82, 2.24) is 10.1 Å². The van der Waals surface area contributed by atoms with Gasteiger partial charge in [-0.1, -0.05) is 12.1 Å². The van der Waals surface area contributed by atoms with E-state index in [4.69, 9.17) is 9.47 Å². The van der Waals surface area contributed by atoms with Gasteiger partial charge in [0.2, 0.25) is 5.91 Å². The highest BCUT2D eigenvalue weighted by Gasteiger charge is 2.24.